The fourth-order valence-electron chi connectivity index (χ4n) is 4.33. The van der Waals surface area contributed by atoms with Crippen molar-refractivity contribution in [3.63, 3.8) is 0 Å². The van der Waals surface area contributed by atoms with E-state index in [2.05, 4.69) is 0 Å². The number of halogens is 1. The third-order valence-corrected chi connectivity index (χ3v) is 7.04. The van der Waals surface area contributed by atoms with Gasteiger partial charge in [-0.1, -0.05) is 59.9 Å². The second kappa shape index (κ2) is 10.5. The van der Waals surface area contributed by atoms with E-state index >= 15 is 0 Å². The number of rotatable bonds is 6. The van der Waals surface area contributed by atoms with Crippen LogP contribution in [-0.2, 0) is 9.53 Å². The number of aromatic hydroxyl groups is 1. The summed E-state index contributed by atoms with van der Waals surface area (Å²) in [6, 6.07) is 17.2. The molecule has 196 valence electrons. The van der Waals surface area contributed by atoms with Gasteiger partial charge in [0.2, 0.25) is 0 Å². The van der Waals surface area contributed by atoms with Crippen LogP contribution < -0.4 is 14.9 Å². The number of nitro groups is 1. The molecule has 5 rings (SSSR count). The molecule has 9 nitrogen and oxygen atoms in total. The minimum atomic E-state index is -0.979. The van der Waals surface area contributed by atoms with Gasteiger partial charge in [-0.05, 0) is 42.3 Å². The van der Waals surface area contributed by atoms with Gasteiger partial charge < -0.3 is 9.84 Å². The fraction of sp³-hybridized carbons (Fsp3) is 0.107. The number of phenols is 1. The first-order valence-electron chi connectivity index (χ1n) is 11.8. The number of carbonyl (C=O) groups excluding carboxylic acids is 1. The summed E-state index contributed by atoms with van der Waals surface area (Å²) in [6.45, 7) is 1.75. The number of esters is 1. The molecule has 0 fully saturated rings. The molecular formula is C28H20FN3O6S. The molecule has 0 bridgehead atoms. The Labute approximate surface area is 224 Å². The second-order valence-electron chi connectivity index (χ2n) is 8.49. The van der Waals surface area contributed by atoms with E-state index in [-0.39, 0.29) is 21.5 Å². The van der Waals surface area contributed by atoms with Crippen LogP contribution in [0.3, 0.4) is 0 Å². The molecule has 39 heavy (non-hydrogen) atoms. The van der Waals surface area contributed by atoms with E-state index < -0.39 is 39.7 Å². The molecular weight excluding hydrogens is 525 g/mol. The van der Waals surface area contributed by atoms with Crippen molar-refractivity contribution in [1.82, 2.24) is 4.57 Å². The number of nitro benzene ring substituents is 1. The van der Waals surface area contributed by atoms with E-state index in [9.17, 15) is 29.2 Å². The minimum absolute atomic E-state index is 0.0879. The number of nitrogens with zero attached hydrogens (tertiary/aromatic N) is 3. The van der Waals surface area contributed by atoms with Crippen LogP contribution in [0.2, 0.25) is 0 Å². The van der Waals surface area contributed by atoms with Crippen molar-refractivity contribution >= 4 is 34.8 Å². The van der Waals surface area contributed by atoms with E-state index in [4.69, 9.17) is 9.73 Å². The Kier molecular flexibility index (Phi) is 6.90. The molecule has 1 aliphatic rings. The maximum Gasteiger partial charge on any atom is 0.338 e. The molecule has 0 radical (unpaired) electrons. The highest BCUT2D eigenvalue weighted by Gasteiger charge is 2.35. The molecule has 1 unspecified atom stereocenters. The molecule has 1 atom stereocenters. The van der Waals surface area contributed by atoms with Crippen molar-refractivity contribution in [2.45, 2.75) is 13.0 Å². The number of hydrogen-bond donors (Lipinski definition) is 1. The Bertz CT molecular complexity index is 1810. The number of carbonyl (C=O) groups is 1. The zero-order valence-electron chi connectivity index (χ0n) is 20.4. The summed E-state index contributed by atoms with van der Waals surface area (Å²) < 4.78 is 20.8. The van der Waals surface area contributed by atoms with Gasteiger partial charge in [-0.15, -0.1) is 0 Å². The fourth-order valence-corrected chi connectivity index (χ4v) is 5.33. The number of thiazole rings is 1. The van der Waals surface area contributed by atoms with Crippen LogP contribution in [0.5, 0.6) is 5.75 Å². The lowest BCUT2D eigenvalue weighted by molar-refractivity contribution is -0.385. The molecule has 1 N–H and O–H groups in total. The Morgan fingerprint density at radius 2 is 1.90 bits per heavy atom. The van der Waals surface area contributed by atoms with Crippen LogP contribution in [0, 0.1) is 15.9 Å². The molecule has 0 aliphatic carbocycles. The van der Waals surface area contributed by atoms with Crippen LogP contribution in [0.15, 0.2) is 88.2 Å². The van der Waals surface area contributed by atoms with Crippen molar-refractivity contribution in [2.24, 2.45) is 4.99 Å². The number of hydrogen-bond acceptors (Lipinski definition) is 8. The Morgan fingerprint density at radius 3 is 2.56 bits per heavy atom. The number of fused-ring (bicyclic) bond motifs is 1. The van der Waals surface area contributed by atoms with E-state index in [1.807, 2.05) is 6.07 Å². The molecule has 0 saturated carbocycles. The zero-order chi connectivity index (χ0) is 27.7. The average molecular weight is 546 g/mol. The van der Waals surface area contributed by atoms with Gasteiger partial charge in [-0.25, -0.2) is 14.2 Å². The van der Waals surface area contributed by atoms with Crippen LogP contribution in [0.1, 0.15) is 29.7 Å². The standard InChI is InChI=1S/C28H20FN3O6S/c1-2-38-27(35)23-24(17-6-4-3-5-7-17)30-28-31(25(23)18-9-11-19(29)12-10-18)26(34)22(39-28)15-16-8-13-21(33)20(14-16)32(36)37/h3-15,25,33H,2H2,1H3. The van der Waals surface area contributed by atoms with Crippen molar-refractivity contribution in [3.05, 3.63) is 131 Å². The normalized spacial score (nSPS) is 15.0. The summed E-state index contributed by atoms with van der Waals surface area (Å²) in [6.07, 6.45) is 1.45. The van der Waals surface area contributed by atoms with Crippen LogP contribution in [-0.4, -0.2) is 27.2 Å². The minimum Gasteiger partial charge on any atom is -0.502 e. The highest BCUT2D eigenvalue weighted by Crippen LogP contribution is 2.35. The molecule has 2 heterocycles. The summed E-state index contributed by atoms with van der Waals surface area (Å²) >= 11 is 1.04. The smallest absolute Gasteiger partial charge is 0.338 e. The number of benzene rings is 3. The molecule has 4 aromatic rings. The van der Waals surface area contributed by atoms with Gasteiger partial charge >= 0.3 is 11.7 Å². The van der Waals surface area contributed by atoms with Gasteiger partial charge in [-0.3, -0.25) is 19.5 Å². The molecule has 1 aliphatic heterocycles. The van der Waals surface area contributed by atoms with E-state index in [1.54, 1.807) is 31.2 Å². The topological polar surface area (TPSA) is 124 Å². The first-order valence-corrected chi connectivity index (χ1v) is 12.6. The lowest BCUT2D eigenvalue weighted by Gasteiger charge is -2.25. The monoisotopic (exact) mass is 545 g/mol. The molecule has 3 aromatic carbocycles. The third kappa shape index (κ3) is 4.87. The number of phenolic OH excluding ortho intramolecular Hbond substituents is 1. The van der Waals surface area contributed by atoms with E-state index in [0.29, 0.717) is 22.4 Å². The van der Waals surface area contributed by atoms with Crippen LogP contribution in [0.25, 0.3) is 11.8 Å². The first kappa shape index (κ1) is 25.7. The molecule has 0 spiro atoms. The Balaban J connectivity index is 1.81. The molecule has 0 amide bonds. The lowest BCUT2D eigenvalue weighted by Crippen LogP contribution is -2.40. The zero-order valence-corrected chi connectivity index (χ0v) is 21.2. The first-order chi connectivity index (χ1) is 18.8. The van der Waals surface area contributed by atoms with Crippen LogP contribution in [0.4, 0.5) is 10.1 Å². The Morgan fingerprint density at radius 1 is 1.18 bits per heavy atom. The van der Waals surface area contributed by atoms with Gasteiger partial charge in [0.25, 0.3) is 5.56 Å². The predicted octanol–water partition coefficient (Wildman–Crippen LogP) is 3.69. The maximum atomic E-state index is 13.9. The summed E-state index contributed by atoms with van der Waals surface area (Å²) in [7, 11) is 0. The highest BCUT2D eigenvalue weighted by molar-refractivity contribution is 7.07. The van der Waals surface area contributed by atoms with Gasteiger partial charge in [0.15, 0.2) is 10.6 Å². The number of aromatic nitrogens is 1. The van der Waals surface area contributed by atoms with Crippen molar-refractivity contribution < 1.29 is 24.0 Å². The van der Waals surface area contributed by atoms with Gasteiger partial charge in [0.05, 0.1) is 33.4 Å². The highest BCUT2D eigenvalue weighted by atomic mass is 32.1. The van der Waals surface area contributed by atoms with E-state index in [0.717, 1.165) is 17.4 Å². The van der Waals surface area contributed by atoms with Gasteiger partial charge in [-0.2, -0.15) is 0 Å². The van der Waals surface area contributed by atoms with Gasteiger partial charge in [0.1, 0.15) is 5.82 Å². The largest absolute Gasteiger partial charge is 0.502 e. The summed E-state index contributed by atoms with van der Waals surface area (Å²) in [5.41, 5.74) is 0.839. The van der Waals surface area contributed by atoms with Crippen molar-refractivity contribution in [2.75, 3.05) is 6.61 Å². The van der Waals surface area contributed by atoms with Crippen molar-refractivity contribution in [3.8, 4) is 5.75 Å². The predicted molar refractivity (Wildman–Crippen MR) is 142 cm³/mol. The molecule has 11 heteroatoms. The maximum absolute atomic E-state index is 13.9. The lowest BCUT2D eigenvalue weighted by atomic mass is 9.93. The van der Waals surface area contributed by atoms with Crippen molar-refractivity contribution in [1.29, 1.82) is 0 Å². The van der Waals surface area contributed by atoms with E-state index in [1.165, 1.54) is 47.0 Å². The Hall–Kier alpha value is -4.90. The number of ether oxygens (including phenoxy) is 1. The summed E-state index contributed by atoms with van der Waals surface area (Å²) in [5, 5.41) is 21.1. The second-order valence-corrected chi connectivity index (χ2v) is 9.50. The summed E-state index contributed by atoms with van der Waals surface area (Å²) in [4.78, 5) is 42.7. The molecule has 1 aromatic heterocycles. The average Bonchev–Trinajstić information content (AvgIpc) is 3.24. The van der Waals surface area contributed by atoms with Crippen LogP contribution >= 0.6 is 11.3 Å². The third-order valence-electron chi connectivity index (χ3n) is 6.05. The quantitative estimate of drug-likeness (QED) is 0.224. The molecule has 0 saturated heterocycles. The SMILES string of the molecule is CCOC(=O)C1=C(c2ccccc2)N=c2sc(=Cc3ccc(O)c([N+](=O)[O-])c3)c(=O)n2C1c1ccc(F)cc1. The van der Waals surface area contributed by atoms with Gasteiger partial charge in [0, 0.05) is 11.6 Å². The summed E-state index contributed by atoms with van der Waals surface area (Å²) in [5.74, 6) is -1.65.